The van der Waals surface area contributed by atoms with Crippen LogP contribution in [0.2, 0.25) is 0 Å². The smallest absolute Gasteiger partial charge is 0.299 e. The molecule has 202 valence electrons. The van der Waals surface area contributed by atoms with Gasteiger partial charge in [0.1, 0.15) is 0 Å². The van der Waals surface area contributed by atoms with E-state index in [4.69, 9.17) is 4.98 Å². The number of hydrogen-bond donors (Lipinski definition) is 0. The van der Waals surface area contributed by atoms with Crippen molar-refractivity contribution in [3.05, 3.63) is 156 Å². The molecule has 0 radical (unpaired) electrons. The van der Waals surface area contributed by atoms with Gasteiger partial charge in [0.15, 0.2) is 0 Å². The topological polar surface area (TPSA) is 44.2 Å². The number of imidazole rings is 1. The van der Waals surface area contributed by atoms with Crippen LogP contribution in [0.15, 0.2) is 150 Å². The summed E-state index contributed by atoms with van der Waals surface area (Å²) in [5.41, 5.74) is 10.2. The van der Waals surface area contributed by atoms with E-state index in [1.54, 1.807) is 4.57 Å². The molecule has 9 rings (SSSR count). The van der Waals surface area contributed by atoms with Crippen LogP contribution in [0.3, 0.4) is 0 Å². The summed E-state index contributed by atoms with van der Waals surface area (Å²) < 4.78 is 6.11. The zero-order chi connectivity index (χ0) is 28.5. The standard InChI is InChI=1S/C38H24N4O/c43-38-37-39-31-16-8-10-18-34(31)42(37)35-22-20-26(24-36(35)41(38)28-13-5-2-6-14-28)25-19-21-33-30(23-25)29-15-7-9-17-32(29)40(33)27-11-3-1-4-12-27/h1-24H. The van der Waals surface area contributed by atoms with Gasteiger partial charge in [-0.15, -0.1) is 0 Å². The summed E-state index contributed by atoms with van der Waals surface area (Å²) in [6, 6.07) is 49.8. The quantitative estimate of drug-likeness (QED) is 0.220. The molecule has 5 nitrogen and oxygen atoms in total. The van der Waals surface area contributed by atoms with Crippen LogP contribution in [0.5, 0.6) is 0 Å². The summed E-state index contributed by atoms with van der Waals surface area (Å²) in [4.78, 5) is 18.8. The van der Waals surface area contributed by atoms with Crippen molar-refractivity contribution in [2.45, 2.75) is 0 Å². The van der Waals surface area contributed by atoms with Crippen LogP contribution in [0.4, 0.5) is 0 Å². The second-order valence-electron chi connectivity index (χ2n) is 10.9. The first-order valence-electron chi connectivity index (χ1n) is 14.4. The molecule has 0 bridgehead atoms. The van der Waals surface area contributed by atoms with Crippen molar-refractivity contribution >= 4 is 49.5 Å². The van der Waals surface area contributed by atoms with E-state index >= 15 is 0 Å². The predicted octanol–water partition coefficient (Wildman–Crippen LogP) is 8.56. The van der Waals surface area contributed by atoms with Gasteiger partial charge in [-0.1, -0.05) is 78.9 Å². The first-order chi connectivity index (χ1) is 21.3. The van der Waals surface area contributed by atoms with Gasteiger partial charge in [-0.25, -0.2) is 4.98 Å². The summed E-state index contributed by atoms with van der Waals surface area (Å²) in [6.45, 7) is 0. The Morgan fingerprint density at radius 1 is 0.442 bits per heavy atom. The molecular weight excluding hydrogens is 528 g/mol. The van der Waals surface area contributed by atoms with E-state index < -0.39 is 0 Å². The minimum absolute atomic E-state index is 0.145. The van der Waals surface area contributed by atoms with Gasteiger partial charge in [0.05, 0.1) is 33.1 Å². The Labute approximate surface area is 246 Å². The van der Waals surface area contributed by atoms with E-state index in [1.165, 1.54) is 16.3 Å². The van der Waals surface area contributed by atoms with Gasteiger partial charge in [-0.2, -0.15) is 0 Å². The molecule has 0 saturated heterocycles. The van der Waals surface area contributed by atoms with Gasteiger partial charge in [0.25, 0.3) is 5.56 Å². The Bertz CT molecular complexity index is 2570. The average Bonchev–Trinajstić information content (AvgIpc) is 3.62. The fraction of sp³-hybridized carbons (Fsp3) is 0. The molecule has 0 aliphatic rings. The summed E-state index contributed by atoms with van der Waals surface area (Å²) in [5.74, 6) is 0. The highest BCUT2D eigenvalue weighted by Gasteiger charge is 2.18. The Kier molecular flexibility index (Phi) is 4.98. The number of aromatic nitrogens is 4. The number of nitrogens with zero attached hydrogens (tertiary/aromatic N) is 4. The van der Waals surface area contributed by atoms with E-state index in [-0.39, 0.29) is 5.56 Å². The van der Waals surface area contributed by atoms with Crippen LogP contribution >= 0.6 is 0 Å². The van der Waals surface area contributed by atoms with Crippen LogP contribution in [0, 0.1) is 0 Å². The normalized spacial score (nSPS) is 11.8. The van der Waals surface area contributed by atoms with Crippen LogP contribution in [-0.2, 0) is 0 Å². The molecule has 0 aliphatic carbocycles. The molecule has 0 unspecified atom stereocenters. The highest BCUT2D eigenvalue weighted by Crippen LogP contribution is 2.36. The van der Waals surface area contributed by atoms with Crippen molar-refractivity contribution in [3.63, 3.8) is 0 Å². The molecular formula is C38H24N4O. The highest BCUT2D eigenvalue weighted by atomic mass is 16.1. The van der Waals surface area contributed by atoms with Crippen LogP contribution < -0.4 is 5.56 Å². The molecule has 43 heavy (non-hydrogen) atoms. The second-order valence-corrected chi connectivity index (χ2v) is 10.9. The van der Waals surface area contributed by atoms with Crippen molar-refractivity contribution in [1.82, 2.24) is 18.5 Å². The molecule has 0 aliphatic heterocycles. The zero-order valence-corrected chi connectivity index (χ0v) is 23.1. The van der Waals surface area contributed by atoms with Gasteiger partial charge in [-0.05, 0) is 77.9 Å². The molecule has 6 aromatic carbocycles. The number of hydrogen-bond acceptors (Lipinski definition) is 2. The summed E-state index contributed by atoms with van der Waals surface area (Å²) in [5, 5.41) is 2.39. The lowest BCUT2D eigenvalue weighted by Crippen LogP contribution is -2.21. The molecule has 0 amide bonds. The molecule has 0 N–H and O–H groups in total. The molecule has 0 atom stereocenters. The van der Waals surface area contributed by atoms with Crippen molar-refractivity contribution in [2.24, 2.45) is 0 Å². The van der Waals surface area contributed by atoms with Crippen LogP contribution in [0.1, 0.15) is 0 Å². The fourth-order valence-electron chi connectivity index (χ4n) is 6.54. The van der Waals surface area contributed by atoms with Gasteiger partial charge in [-0.3, -0.25) is 13.8 Å². The lowest BCUT2D eigenvalue weighted by Gasteiger charge is -2.14. The second kappa shape index (κ2) is 9.03. The first kappa shape index (κ1) is 23.7. The Morgan fingerprint density at radius 3 is 1.79 bits per heavy atom. The minimum atomic E-state index is -0.145. The largest absolute Gasteiger partial charge is 0.309 e. The molecule has 0 spiro atoms. The Morgan fingerprint density at radius 2 is 1.02 bits per heavy atom. The monoisotopic (exact) mass is 552 g/mol. The van der Waals surface area contributed by atoms with Gasteiger partial charge in [0.2, 0.25) is 5.65 Å². The first-order valence-corrected chi connectivity index (χ1v) is 14.4. The van der Waals surface area contributed by atoms with Gasteiger partial charge < -0.3 is 4.57 Å². The van der Waals surface area contributed by atoms with E-state index in [1.807, 2.05) is 65.1 Å². The van der Waals surface area contributed by atoms with E-state index in [0.717, 1.165) is 50.1 Å². The molecule has 0 saturated carbocycles. The van der Waals surface area contributed by atoms with Crippen LogP contribution in [0.25, 0.3) is 72.0 Å². The zero-order valence-electron chi connectivity index (χ0n) is 23.1. The SMILES string of the molecule is O=c1c2nc3ccccc3n2c2ccc(-c3ccc4c(c3)c3ccccc3n4-c3ccccc3)cc2n1-c1ccccc1. The molecule has 3 heterocycles. The summed E-state index contributed by atoms with van der Waals surface area (Å²) >= 11 is 0. The number of para-hydroxylation sites is 5. The maximum absolute atomic E-state index is 14.1. The van der Waals surface area contributed by atoms with E-state index in [2.05, 4.69) is 89.5 Å². The summed E-state index contributed by atoms with van der Waals surface area (Å²) in [7, 11) is 0. The molecule has 9 aromatic rings. The number of benzene rings is 6. The lowest BCUT2D eigenvalue weighted by atomic mass is 10.0. The molecule has 0 fully saturated rings. The van der Waals surface area contributed by atoms with Crippen molar-refractivity contribution in [1.29, 1.82) is 0 Å². The average molecular weight is 553 g/mol. The number of rotatable bonds is 3. The van der Waals surface area contributed by atoms with Gasteiger partial charge >= 0.3 is 0 Å². The Hall–Kier alpha value is -5.94. The van der Waals surface area contributed by atoms with Crippen molar-refractivity contribution in [3.8, 4) is 22.5 Å². The third kappa shape index (κ3) is 3.45. The minimum Gasteiger partial charge on any atom is -0.309 e. The van der Waals surface area contributed by atoms with Crippen molar-refractivity contribution < 1.29 is 0 Å². The number of fused-ring (bicyclic) bond motifs is 8. The fourth-order valence-corrected chi connectivity index (χ4v) is 6.54. The maximum atomic E-state index is 14.1. The highest BCUT2D eigenvalue weighted by molar-refractivity contribution is 6.10. The van der Waals surface area contributed by atoms with E-state index in [9.17, 15) is 4.79 Å². The molecule has 3 aromatic heterocycles. The predicted molar refractivity (Wildman–Crippen MR) is 176 cm³/mol. The van der Waals surface area contributed by atoms with E-state index in [0.29, 0.717) is 5.65 Å². The van der Waals surface area contributed by atoms with Crippen molar-refractivity contribution in [2.75, 3.05) is 0 Å². The lowest BCUT2D eigenvalue weighted by molar-refractivity contribution is 1.02. The third-order valence-electron chi connectivity index (χ3n) is 8.45. The van der Waals surface area contributed by atoms with Gasteiger partial charge in [0, 0.05) is 22.1 Å². The Balaban J connectivity index is 1.34. The maximum Gasteiger partial charge on any atom is 0.299 e. The molecule has 5 heteroatoms. The third-order valence-corrected chi connectivity index (χ3v) is 8.45. The summed E-state index contributed by atoms with van der Waals surface area (Å²) in [6.07, 6.45) is 0. The van der Waals surface area contributed by atoms with Crippen LogP contribution in [-0.4, -0.2) is 18.5 Å².